The van der Waals surface area contributed by atoms with Crippen molar-refractivity contribution in [3.63, 3.8) is 0 Å². The summed E-state index contributed by atoms with van der Waals surface area (Å²) in [5.74, 6) is 1.04. The Morgan fingerprint density at radius 3 is 2.71 bits per heavy atom. The summed E-state index contributed by atoms with van der Waals surface area (Å²) in [5.41, 5.74) is 5.04. The van der Waals surface area contributed by atoms with Gasteiger partial charge in [0.15, 0.2) is 0 Å². The topological polar surface area (TPSA) is 12.5 Å². The van der Waals surface area contributed by atoms with E-state index in [9.17, 15) is 0 Å². The van der Waals surface area contributed by atoms with Gasteiger partial charge in [0.2, 0.25) is 0 Å². The minimum Gasteiger partial charge on any atom is -0.489 e. The van der Waals surface area contributed by atoms with E-state index in [1.165, 1.54) is 22.4 Å². The number of hydrogen-bond donors (Lipinski definition) is 0. The molecule has 1 aliphatic heterocycles. The first-order valence-corrected chi connectivity index (χ1v) is 6.17. The Balaban J connectivity index is 2.53. The van der Waals surface area contributed by atoms with Crippen LogP contribution in [0.5, 0.6) is 5.75 Å². The van der Waals surface area contributed by atoms with Crippen LogP contribution in [0.2, 0.25) is 0 Å². The van der Waals surface area contributed by atoms with E-state index < -0.39 is 0 Å². The Morgan fingerprint density at radius 1 is 1.35 bits per heavy atom. The van der Waals surface area contributed by atoms with Gasteiger partial charge < -0.3 is 9.64 Å². The molecule has 0 bridgehead atoms. The molecule has 1 unspecified atom stereocenters. The lowest BCUT2D eigenvalue weighted by molar-refractivity contribution is 0.275. The van der Waals surface area contributed by atoms with Gasteiger partial charge in [0, 0.05) is 6.20 Å². The molecule has 17 heavy (non-hydrogen) atoms. The van der Waals surface area contributed by atoms with Crippen molar-refractivity contribution in [3.05, 3.63) is 35.0 Å². The molecular weight excluding hydrogens is 210 g/mol. The van der Waals surface area contributed by atoms with E-state index in [0.29, 0.717) is 6.04 Å². The van der Waals surface area contributed by atoms with E-state index in [4.69, 9.17) is 4.74 Å². The highest BCUT2D eigenvalue weighted by Crippen LogP contribution is 2.38. The Labute approximate surface area is 104 Å². The first-order valence-electron chi connectivity index (χ1n) is 6.17. The molecule has 0 aliphatic carbocycles. The molecule has 0 radical (unpaired) electrons. The predicted molar refractivity (Wildman–Crippen MR) is 72.8 cm³/mol. The molecule has 0 aromatic heterocycles. The Hall–Kier alpha value is -1.44. The lowest BCUT2D eigenvalue weighted by Gasteiger charge is -2.35. The van der Waals surface area contributed by atoms with Crippen LogP contribution in [0.25, 0.3) is 0 Å². The normalized spacial score (nSPS) is 18.4. The first kappa shape index (κ1) is 12.0. The highest BCUT2D eigenvalue weighted by atomic mass is 16.5. The first-order chi connectivity index (χ1) is 8.00. The summed E-state index contributed by atoms with van der Waals surface area (Å²) >= 11 is 0. The van der Waals surface area contributed by atoms with Crippen molar-refractivity contribution >= 4 is 5.69 Å². The summed E-state index contributed by atoms with van der Waals surface area (Å²) in [7, 11) is 0. The maximum atomic E-state index is 5.89. The van der Waals surface area contributed by atoms with E-state index in [2.05, 4.69) is 57.9 Å². The van der Waals surface area contributed by atoms with Crippen LogP contribution in [0.3, 0.4) is 0 Å². The van der Waals surface area contributed by atoms with E-state index in [0.717, 1.165) is 12.4 Å². The summed E-state index contributed by atoms with van der Waals surface area (Å²) in [6.07, 6.45) is 2.21. The highest BCUT2D eigenvalue weighted by molar-refractivity contribution is 5.67. The maximum Gasteiger partial charge on any atom is 0.146 e. The van der Waals surface area contributed by atoms with Crippen molar-refractivity contribution in [1.82, 2.24) is 0 Å². The van der Waals surface area contributed by atoms with Crippen LogP contribution < -0.4 is 9.64 Å². The van der Waals surface area contributed by atoms with E-state index >= 15 is 0 Å². The number of aryl methyl sites for hydroxylation is 1. The second-order valence-corrected chi connectivity index (χ2v) is 5.13. The summed E-state index contributed by atoms with van der Waals surface area (Å²) in [5, 5.41) is 0. The van der Waals surface area contributed by atoms with Gasteiger partial charge in [-0.3, -0.25) is 0 Å². The van der Waals surface area contributed by atoms with Gasteiger partial charge in [0.25, 0.3) is 0 Å². The zero-order valence-corrected chi connectivity index (χ0v) is 11.4. The molecule has 0 spiro atoms. The van der Waals surface area contributed by atoms with Crippen LogP contribution in [0.15, 0.2) is 23.9 Å². The number of hydrogen-bond acceptors (Lipinski definition) is 2. The molecule has 2 rings (SSSR count). The van der Waals surface area contributed by atoms with E-state index in [1.807, 2.05) is 0 Å². The number of ether oxygens (including phenoxy) is 1. The summed E-state index contributed by atoms with van der Waals surface area (Å²) in [6.45, 7) is 11.5. The molecule has 0 saturated heterocycles. The smallest absolute Gasteiger partial charge is 0.146 e. The Bertz CT molecular complexity index is 458. The van der Waals surface area contributed by atoms with Crippen molar-refractivity contribution < 1.29 is 4.74 Å². The fraction of sp³-hybridized carbons (Fsp3) is 0.467. The maximum absolute atomic E-state index is 5.89. The molecule has 2 heteroatoms. The number of benzene rings is 1. The molecule has 1 atom stereocenters. The molecular formula is C15H21NO. The lowest BCUT2D eigenvalue weighted by Crippen LogP contribution is -2.37. The van der Waals surface area contributed by atoms with Crippen LogP contribution in [-0.2, 0) is 0 Å². The fourth-order valence-electron chi connectivity index (χ4n) is 2.16. The largest absolute Gasteiger partial charge is 0.489 e. The lowest BCUT2D eigenvalue weighted by atomic mass is 10.0. The van der Waals surface area contributed by atoms with Gasteiger partial charge >= 0.3 is 0 Å². The Morgan fingerprint density at radius 2 is 2.06 bits per heavy atom. The average Bonchev–Trinajstić information content (AvgIpc) is 2.27. The monoisotopic (exact) mass is 231 g/mol. The van der Waals surface area contributed by atoms with Gasteiger partial charge in [-0.25, -0.2) is 0 Å². The molecule has 1 aromatic rings. The Kier molecular flexibility index (Phi) is 3.14. The number of allylic oxidation sites excluding steroid dienone is 1. The molecule has 0 amide bonds. The van der Waals surface area contributed by atoms with Crippen LogP contribution in [0, 0.1) is 13.8 Å². The van der Waals surface area contributed by atoms with Crippen molar-refractivity contribution in [1.29, 1.82) is 0 Å². The number of fused-ring (bicyclic) bond motifs is 1. The zero-order valence-electron chi connectivity index (χ0n) is 11.4. The van der Waals surface area contributed by atoms with E-state index in [-0.39, 0.29) is 0 Å². The number of nitrogens with zero attached hydrogens (tertiary/aromatic N) is 1. The number of rotatable bonds is 1. The minimum absolute atomic E-state index is 0.388. The van der Waals surface area contributed by atoms with E-state index in [1.54, 1.807) is 0 Å². The molecule has 2 nitrogen and oxygen atoms in total. The van der Waals surface area contributed by atoms with Gasteiger partial charge in [-0.05, 0) is 51.8 Å². The summed E-state index contributed by atoms with van der Waals surface area (Å²) in [6, 6.07) is 4.72. The summed E-state index contributed by atoms with van der Waals surface area (Å²) in [4.78, 5) is 2.32. The quantitative estimate of drug-likeness (QED) is 0.728. The zero-order chi connectivity index (χ0) is 12.6. The van der Waals surface area contributed by atoms with Crippen LogP contribution in [0.1, 0.15) is 31.9 Å². The van der Waals surface area contributed by atoms with Crippen molar-refractivity contribution in [2.75, 3.05) is 11.5 Å². The van der Waals surface area contributed by atoms with Gasteiger partial charge in [-0.15, -0.1) is 0 Å². The predicted octanol–water partition coefficient (Wildman–Crippen LogP) is 3.81. The van der Waals surface area contributed by atoms with Crippen molar-refractivity contribution in [2.45, 2.75) is 40.7 Å². The number of anilines is 1. The van der Waals surface area contributed by atoms with Gasteiger partial charge in [0.1, 0.15) is 12.4 Å². The minimum atomic E-state index is 0.388. The molecule has 1 heterocycles. The molecule has 92 valence electrons. The fourth-order valence-corrected chi connectivity index (χ4v) is 2.16. The van der Waals surface area contributed by atoms with Crippen LogP contribution in [0.4, 0.5) is 5.69 Å². The summed E-state index contributed by atoms with van der Waals surface area (Å²) < 4.78 is 5.89. The van der Waals surface area contributed by atoms with Crippen molar-refractivity contribution in [3.8, 4) is 5.75 Å². The third-order valence-corrected chi connectivity index (χ3v) is 3.28. The second-order valence-electron chi connectivity index (χ2n) is 5.13. The molecule has 0 fully saturated rings. The van der Waals surface area contributed by atoms with Crippen LogP contribution >= 0.6 is 0 Å². The second kappa shape index (κ2) is 4.44. The third kappa shape index (κ3) is 2.17. The molecule has 0 N–H and O–H groups in total. The van der Waals surface area contributed by atoms with Gasteiger partial charge in [0.05, 0.1) is 11.7 Å². The van der Waals surface area contributed by atoms with Crippen molar-refractivity contribution in [2.24, 2.45) is 0 Å². The molecule has 0 saturated carbocycles. The van der Waals surface area contributed by atoms with Gasteiger partial charge in [-0.2, -0.15) is 0 Å². The highest BCUT2D eigenvalue weighted by Gasteiger charge is 2.24. The van der Waals surface area contributed by atoms with Crippen LogP contribution in [-0.4, -0.2) is 12.6 Å². The average molecular weight is 231 g/mol. The standard InChI is InChI=1S/C15H21NO/c1-10(2)8-16-12(4)9-17-15-13(5)11(3)6-7-14(15)16/h6-8,12H,9H2,1-5H3. The SMILES string of the molecule is CC(C)=CN1c2ccc(C)c(C)c2OCC1C. The molecule has 1 aromatic carbocycles. The third-order valence-electron chi connectivity index (χ3n) is 3.28. The molecule has 1 aliphatic rings. The van der Waals surface area contributed by atoms with Gasteiger partial charge in [-0.1, -0.05) is 11.6 Å².